The molecule has 0 aromatic carbocycles. The summed E-state index contributed by atoms with van der Waals surface area (Å²) in [5.41, 5.74) is 6.56. The van der Waals surface area contributed by atoms with Crippen LogP contribution in [0.5, 0.6) is 0 Å². The molecule has 5 heteroatoms. The maximum absolute atomic E-state index is 11.5. The van der Waals surface area contributed by atoms with Crippen molar-refractivity contribution in [3.8, 4) is 0 Å². The van der Waals surface area contributed by atoms with Crippen LogP contribution in [0.25, 0.3) is 0 Å². The van der Waals surface area contributed by atoms with Crippen LogP contribution in [0.3, 0.4) is 0 Å². The number of aromatic nitrogens is 3. The molecule has 0 aliphatic rings. The summed E-state index contributed by atoms with van der Waals surface area (Å²) < 4.78 is 0. The van der Waals surface area contributed by atoms with Gasteiger partial charge in [-0.25, -0.2) is 4.98 Å². The highest BCUT2D eigenvalue weighted by Crippen LogP contribution is 2.00. The highest BCUT2D eigenvalue weighted by Gasteiger charge is 2.02. The number of H-pyrrole nitrogens is 1. The normalized spacial score (nSPS) is 10.3. The number of aromatic amines is 1. The minimum absolute atomic E-state index is 0.177. The summed E-state index contributed by atoms with van der Waals surface area (Å²) in [5.74, 6) is 0.598. The molecule has 0 radical (unpaired) electrons. The zero-order valence-electron chi connectivity index (χ0n) is 8.68. The van der Waals surface area contributed by atoms with Crippen LogP contribution in [0.15, 0.2) is 35.4 Å². The zero-order valence-corrected chi connectivity index (χ0v) is 8.68. The van der Waals surface area contributed by atoms with Gasteiger partial charge in [-0.1, -0.05) is 6.07 Å². The first-order chi connectivity index (χ1) is 7.79. The van der Waals surface area contributed by atoms with Gasteiger partial charge in [0.15, 0.2) is 0 Å². The van der Waals surface area contributed by atoms with Crippen molar-refractivity contribution < 1.29 is 0 Å². The molecule has 82 valence electrons. The van der Waals surface area contributed by atoms with Gasteiger partial charge >= 0.3 is 0 Å². The van der Waals surface area contributed by atoms with Crippen molar-refractivity contribution in [3.63, 3.8) is 0 Å². The largest absolute Gasteiger partial charge is 0.326 e. The van der Waals surface area contributed by atoms with E-state index >= 15 is 0 Å². The summed E-state index contributed by atoms with van der Waals surface area (Å²) >= 11 is 0. The standard InChI is InChI=1S/C11H12N4O/c12-6-8-7-14-10(15-11(8)16)5-9-3-1-2-4-13-9/h1-4,7H,5-6,12H2,(H,14,15,16). The Bertz CT molecular complexity index is 521. The van der Waals surface area contributed by atoms with Gasteiger partial charge in [0.05, 0.1) is 0 Å². The molecule has 0 unspecified atom stereocenters. The van der Waals surface area contributed by atoms with Crippen LogP contribution >= 0.6 is 0 Å². The third-order valence-corrected chi connectivity index (χ3v) is 2.22. The molecule has 3 N–H and O–H groups in total. The summed E-state index contributed by atoms with van der Waals surface area (Å²) in [6.07, 6.45) is 3.74. The predicted molar refractivity (Wildman–Crippen MR) is 59.8 cm³/mol. The fraction of sp³-hybridized carbons (Fsp3) is 0.182. The maximum atomic E-state index is 11.5. The quantitative estimate of drug-likeness (QED) is 0.768. The van der Waals surface area contributed by atoms with Crippen molar-refractivity contribution in [2.45, 2.75) is 13.0 Å². The van der Waals surface area contributed by atoms with E-state index < -0.39 is 0 Å². The Kier molecular flexibility index (Phi) is 3.07. The lowest BCUT2D eigenvalue weighted by Crippen LogP contribution is -2.19. The second kappa shape index (κ2) is 4.67. The Hall–Kier alpha value is -2.01. The van der Waals surface area contributed by atoms with E-state index in [2.05, 4.69) is 15.0 Å². The molecular weight excluding hydrogens is 204 g/mol. The molecule has 5 nitrogen and oxygen atoms in total. The first kappa shape index (κ1) is 10.5. The van der Waals surface area contributed by atoms with Crippen LogP contribution < -0.4 is 11.3 Å². The van der Waals surface area contributed by atoms with E-state index in [1.54, 1.807) is 6.20 Å². The van der Waals surface area contributed by atoms with E-state index in [-0.39, 0.29) is 12.1 Å². The van der Waals surface area contributed by atoms with E-state index in [0.29, 0.717) is 17.8 Å². The maximum Gasteiger partial charge on any atom is 0.255 e. The zero-order chi connectivity index (χ0) is 11.4. The second-order valence-corrected chi connectivity index (χ2v) is 3.39. The fourth-order valence-corrected chi connectivity index (χ4v) is 1.37. The highest BCUT2D eigenvalue weighted by molar-refractivity contribution is 5.12. The topological polar surface area (TPSA) is 84.7 Å². The van der Waals surface area contributed by atoms with Gasteiger partial charge in [0.2, 0.25) is 0 Å². The van der Waals surface area contributed by atoms with Gasteiger partial charge in [-0.2, -0.15) is 0 Å². The lowest BCUT2D eigenvalue weighted by molar-refractivity contribution is 0.882. The molecule has 0 spiro atoms. The Morgan fingerprint density at radius 3 is 2.81 bits per heavy atom. The van der Waals surface area contributed by atoms with E-state index in [9.17, 15) is 4.79 Å². The Labute approximate surface area is 92.4 Å². The molecular formula is C11H12N4O. The summed E-state index contributed by atoms with van der Waals surface area (Å²) in [7, 11) is 0. The van der Waals surface area contributed by atoms with E-state index in [0.717, 1.165) is 5.69 Å². The summed E-state index contributed by atoms with van der Waals surface area (Å²) in [6.45, 7) is 0.201. The van der Waals surface area contributed by atoms with Gasteiger partial charge in [0.25, 0.3) is 5.56 Å². The number of pyridine rings is 1. The minimum Gasteiger partial charge on any atom is -0.326 e. The monoisotopic (exact) mass is 216 g/mol. The molecule has 0 saturated heterocycles. The first-order valence-corrected chi connectivity index (χ1v) is 4.96. The van der Waals surface area contributed by atoms with Crippen LogP contribution in [0.4, 0.5) is 0 Å². The summed E-state index contributed by atoms with van der Waals surface area (Å²) in [4.78, 5) is 22.4. The lowest BCUT2D eigenvalue weighted by Gasteiger charge is -2.01. The van der Waals surface area contributed by atoms with Crippen LogP contribution in [-0.2, 0) is 13.0 Å². The van der Waals surface area contributed by atoms with E-state index in [1.165, 1.54) is 6.20 Å². The van der Waals surface area contributed by atoms with Crippen molar-refractivity contribution in [3.05, 3.63) is 58.0 Å². The van der Waals surface area contributed by atoms with Gasteiger partial charge in [0.1, 0.15) is 5.82 Å². The molecule has 0 atom stereocenters. The Morgan fingerprint density at radius 1 is 1.31 bits per heavy atom. The van der Waals surface area contributed by atoms with Gasteiger partial charge in [-0.05, 0) is 12.1 Å². The molecule has 2 aromatic heterocycles. The van der Waals surface area contributed by atoms with Gasteiger partial charge in [0, 0.05) is 36.6 Å². The third kappa shape index (κ3) is 2.32. The molecule has 0 amide bonds. The number of hydrogen-bond donors (Lipinski definition) is 2. The predicted octanol–water partition coefficient (Wildman–Crippen LogP) is 0.214. The number of nitrogens with two attached hydrogens (primary N) is 1. The van der Waals surface area contributed by atoms with Crippen LogP contribution in [0, 0.1) is 0 Å². The smallest absolute Gasteiger partial charge is 0.255 e. The van der Waals surface area contributed by atoms with E-state index in [4.69, 9.17) is 5.73 Å². The van der Waals surface area contributed by atoms with Crippen molar-refractivity contribution >= 4 is 0 Å². The minimum atomic E-state index is -0.177. The van der Waals surface area contributed by atoms with Crippen molar-refractivity contribution in [2.75, 3.05) is 0 Å². The Balaban J connectivity index is 2.23. The van der Waals surface area contributed by atoms with Crippen molar-refractivity contribution in [1.29, 1.82) is 0 Å². The molecule has 2 aromatic rings. The first-order valence-electron chi connectivity index (χ1n) is 4.96. The average molecular weight is 216 g/mol. The molecule has 0 saturated carbocycles. The average Bonchev–Trinajstić information content (AvgIpc) is 2.31. The highest BCUT2D eigenvalue weighted by atomic mass is 16.1. The molecule has 2 rings (SSSR count). The number of rotatable bonds is 3. The number of nitrogens with one attached hydrogen (secondary N) is 1. The van der Waals surface area contributed by atoms with Crippen LogP contribution in [-0.4, -0.2) is 15.0 Å². The second-order valence-electron chi connectivity index (χ2n) is 3.39. The van der Waals surface area contributed by atoms with Crippen LogP contribution in [0.2, 0.25) is 0 Å². The molecule has 0 aliphatic carbocycles. The Morgan fingerprint density at radius 2 is 2.19 bits per heavy atom. The molecule has 0 fully saturated rings. The third-order valence-electron chi connectivity index (χ3n) is 2.22. The molecule has 16 heavy (non-hydrogen) atoms. The van der Waals surface area contributed by atoms with Crippen molar-refractivity contribution in [2.24, 2.45) is 5.73 Å². The van der Waals surface area contributed by atoms with Gasteiger partial charge in [-0.3, -0.25) is 9.78 Å². The fourth-order valence-electron chi connectivity index (χ4n) is 1.37. The number of hydrogen-bond acceptors (Lipinski definition) is 4. The van der Waals surface area contributed by atoms with Crippen molar-refractivity contribution in [1.82, 2.24) is 15.0 Å². The number of nitrogens with zero attached hydrogens (tertiary/aromatic N) is 2. The summed E-state index contributed by atoms with van der Waals surface area (Å²) in [6, 6.07) is 5.63. The SMILES string of the molecule is NCc1cnc(Cc2ccccn2)[nH]c1=O. The summed E-state index contributed by atoms with van der Waals surface area (Å²) in [5, 5.41) is 0. The van der Waals surface area contributed by atoms with Gasteiger partial charge < -0.3 is 10.7 Å². The molecule has 0 aliphatic heterocycles. The van der Waals surface area contributed by atoms with E-state index in [1.807, 2.05) is 18.2 Å². The van der Waals surface area contributed by atoms with Crippen LogP contribution in [0.1, 0.15) is 17.1 Å². The lowest BCUT2D eigenvalue weighted by atomic mass is 10.2. The van der Waals surface area contributed by atoms with Gasteiger partial charge in [-0.15, -0.1) is 0 Å². The molecule has 2 heterocycles. The molecule has 0 bridgehead atoms.